The van der Waals surface area contributed by atoms with E-state index in [4.69, 9.17) is 9.47 Å². The van der Waals surface area contributed by atoms with Gasteiger partial charge in [-0.15, -0.1) is 0 Å². The van der Waals surface area contributed by atoms with E-state index in [1.807, 2.05) is 12.1 Å². The molecule has 4 heteroatoms. The number of carbonyl (C=O) groups is 1. The lowest BCUT2D eigenvalue weighted by Gasteiger charge is -2.27. The predicted octanol–water partition coefficient (Wildman–Crippen LogP) is 2.97. The number of benzene rings is 1. The van der Waals surface area contributed by atoms with E-state index in [9.17, 15) is 4.79 Å². The first-order chi connectivity index (χ1) is 9.93. The minimum Gasteiger partial charge on any atom is -0.454 e. The monoisotopic (exact) mass is 289 g/mol. The summed E-state index contributed by atoms with van der Waals surface area (Å²) in [6, 6.07) is 5.44. The van der Waals surface area contributed by atoms with Crippen LogP contribution in [0.5, 0.6) is 11.5 Å². The molecule has 0 saturated carbocycles. The molecule has 1 unspecified atom stereocenters. The Bertz CT molecular complexity index is 547. The van der Waals surface area contributed by atoms with Gasteiger partial charge in [0.25, 0.3) is 0 Å². The average Bonchev–Trinajstić information content (AvgIpc) is 3.04. The van der Waals surface area contributed by atoms with Gasteiger partial charge < -0.3 is 9.47 Å². The maximum absolute atomic E-state index is 12.4. The van der Waals surface area contributed by atoms with E-state index >= 15 is 0 Å². The van der Waals surface area contributed by atoms with Crippen molar-refractivity contribution in [1.82, 2.24) is 4.90 Å². The number of ether oxygens (including phenoxy) is 2. The zero-order chi connectivity index (χ0) is 15.0. The molecule has 114 valence electrons. The number of nitrogens with zero attached hydrogens (tertiary/aromatic N) is 1. The Kier molecular flexibility index (Phi) is 3.66. The van der Waals surface area contributed by atoms with E-state index in [1.165, 1.54) is 6.42 Å². The van der Waals surface area contributed by atoms with E-state index < -0.39 is 0 Å². The standard InChI is InChI=1S/C17H23NO3/c1-17(2,3)13-6-7-18(9-13)10-14(19)12-4-5-15-16(8-12)21-11-20-15/h4-5,8,13H,6-7,9-11H2,1-3H3. The molecule has 1 aromatic rings. The SMILES string of the molecule is CC(C)(C)C1CCN(CC(=O)c2ccc3c(c2)OCO3)C1. The fourth-order valence-electron chi connectivity index (χ4n) is 3.05. The number of ketones is 1. The molecule has 4 nitrogen and oxygen atoms in total. The van der Waals surface area contributed by atoms with Crippen LogP contribution < -0.4 is 9.47 Å². The summed E-state index contributed by atoms with van der Waals surface area (Å²) >= 11 is 0. The number of hydrogen-bond acceptors (Lipinski definition) is 4. The lowest BCUT2D eigenvalue weighted by molar-refractivity contribution is 0.0937. The number of hydrogen-bond donors (Lipinski definition) is 0. The quantitative estimate of drug-likeness (QED) is 0.802. The molecule has 0 N–H and O–H groups in total. The minimum absolute atomic E-state index is 0.155. The summed E-state index contributed by atoms with van der Waals surface area (Å²) in [6.45, 7) is 9.60. The van der Waals surface area contributed by atoms with E-state index in [-0.39, 0.29) is 12.6 Å². The summed E-state index contributed by atoms with van der Waals surface area (Å²) in [4.78, 5) is 14.7. The molecule has 2 aliphatic rings. The molecule has 1 aromatic carbocycles. The Morgan fingerprint density at radius 3 is 2.76 bits per heavy atom. The van der Waals surface area contributed by atoms with Crippen LogP contribution in [0.4, 0.5) is 0 Å². The first-order valence-corrected chi connectivity index (χ1v) is 7.59. The zero-order valence-corrected chi connectivity index (χ0v) is 13.0. The van der Waals surface area contributed by atoms with Crippen molar-refractivity contribution in [1.29, 1.82) is 0 Å². The Hall–Kier alpha value is -1.55. The van der Waals surface area contributed by atoms with Crippen molar-refractivity contribution in [3.63, 3.8) is 0 Å². The molecule has 1 fully saturated rings. The fraction of sp³-hybridized carbons (Fsp3) is 0.588. The molecule has 0 aliphatic carbocycles. The van der Waals surface area contributed by atoms with Gasteiger partial charge in [0.2, 0.25) is 6.79 Å². The van der Waals surface area contributed by atoms with Crippen molar-refractivity contribution in [3.05, 3.63) is 23.8 Å². The summed E-state index contributed by atoms with van der Waals surface area (Å²) in [5.41, 5.74) is 1.02. The van der Waals surface area contributed by atoms with Crippen molar-refractivity contribution in [3.8, 4) is 11.5 Å². The Labute approximate surface area is 126 Å². The van der Waals surface area contributed by atoms with Crippen LogP contribution in [-0.4, -0.2) is 37.1 Å². The topological polar surface area (TPSA) is 38.8 Å². The third-order valence-corrected chi connectivity index (χ3v) is 4.56. The largest absolute Gasteiger partial charge is 0.454 e. The molecule has 0 amide bonds. The summed E-state index contributed by atoms with van der Waals surface area (Å²) in [7, 11) is 0. The van der Waals surface area contributed by atoms with Gasteiger partial charge in [0.05, 0.1) is 6.54 Å². The molecule has 0 radical (unpaired) electrons. The smallest absolute Gasteiger partial charge is 0.231 e. The van der Waals surface area contributed by atoms with Gasteiger partial charge in [0.15, 0.2) is 17.3 Å². The third-order valence-electron chi connectivity index (χ3n) is 4.56. The highest BCUT2D eigenvalue weighted by atomic mass is 16.7. The Morgan fingerprint density at radius 2 is 2.05 bits per heavy atom. The maximum atomic E-state index is 12.4. The van der Waals surface area contributed by atoms with E-state index in [1.54, 1.807) is 6.07 Å². The van der Waals surface area contributed by atoms with Crippen molar-refractivity contribution in [2.24, 2.45) is 11.3 Å². The summed E-state index contributed by atoms with van der Waals surface area (Å²) in [5.74, 6) is 2.22. The van der Waals surface area contributed by atoms with Crippen molar-refractivity contribution in [2.75, 3.05) is 26.4 Å². The first-order valence-electron chi connectivity index (χ1n) is 7.59. The van der Waals surface area contributed by atoms with Crippen LogP contribution in [0.3, 0.4) is 0 Å². The Morgan fingerprint density at radius 1 is 1.29 bits per heavy atom. The summed E-state index contributed by atoms with van der Waals surface area (Å²) in [6.07, 6.45) is 1.18. The lowest BCUT2D eigenvalue weighted by Crippen LogP contribution is -2.30. The van der Waals surface area contributed by atoms with Crippen LogP contribution >= 0.6 is 0 Å². The van der Waals surface area contributed by atoms with Crippen molar-refractivity contribution in [2.45, 2.75) is 27.2 Å². The second-order valence-corrected chi connectivity index (χ2v) is 7.08. The van der Waals surface area contributed by atoms with Gasteiger partial charge in [-0.2, -0.15) is 0 Å². The van der Waals surface area contributed by atoms with E-state index in [0.29, 0.717) is 29.2 Å². The van der Waals surface area contributed by atoms with Gasteiger partial charge in [0.1, 0.15) is 0 Å². The predicted molar refractivity (Wildman–Crippen MR) is 80.9 cm³/mol. The average molecular weight is 289 g/mol. The van der Waals surface area contributed by atoms with Crippen LogP contribution in [0.25, 0.3) is 0 Å². The lowest BCUT2D eigenvalue weighted by atomic mass is 9.80. The summed E-state index contributed by atoms with van der Waals surface area (Å²) in [5, 5.41) is 0. The number of likely N-dealkylation sites (tertiary alicyclic amines) is 1. The summed E-state index contributed by atoms with van der Waals surface area (Å²) < 4.78 is 10.6. The molecular weight excluding hydrogens is 266 g/mol. The second-order valence-electron chi connectivity index (χ2n) is 7.08. The van der Waals surface area contributed by atoms with Gasteiger partial charge in [-0.25, -0.2) is 0 Å². The molecule has 0 spiro atoms. The number of fused-ring (bicyclic) bond motifs is 1. The van der Waals surface area contributed by atoms with E-state index in [2.05, 4.69) is 25.7 Å². The molecule has 1 atom stereocenters. The highest BCUT2D eigenvalue weighted by Crippen LogP contribution is 2.34. The van der Waals surface area contributed by atoms with Crippen molar-refractivity contribution < 1.29 is 14.3 Å². The van der Waals surface area contributed by atoms with Crippen LogP contribution in [0, 0.1) is 11.3 Å². The molecule has 0 bridgehead atoms. The fourth-order valence-corrected chi connectivity index (χ4v) is 3.05. The maximum Gasteiger partial charge on any atom is 0.231 e. The highest BCUT2D eigenvalue weighted by molar-refractivity contribution is 5.98. The van der Waals surface area contributed by atoms with Crippen molar-refractivity contribution >= 4 is 5.78 Å². The van der Waals surface area contributed by atoms with Crippen LogP contribution in [0.1, 0.15) is 37.6 Å². The van der Waals surface area contributed by atoms with E-state index in [0.717, 1.165) is 18.8 Å². The number of Topliss-reactive ketones (excluding diaryl/α,β-unsaturated/α-hetero) is 1. The van der Waals surface area contributed by atoms with Gasteiger partial charge in [0, 0.05) is 12.1 Å². The van der Waals surface area contributed by atoms with Gasteiger partial charge in [-0.05, 0) is 42.5 Å². The molecule has 1 saturated heterocycles. The normalized spacial score (nSPS) is 21.8. The molecular formula is C17H23NO3. The minimum atomic E-state index is 0.155. The first kappa shape index (κ1) is 14.4. The zero-order valence-electron chi connectivity index (χ0n) is 13.0. The van der Waals surface area contributed by atoms with Gasteiger partial charge in [-0.3, -0.25) is 9.69 Å². The molecule has 2 aliphatic heterocycles. The molecule has 0 aromatic heterocycles. The van der Waals surface area contributed by atoms with Gasteiger partial charge >= 0.3 is 0 Å². The van der Waals surface area contributed by atoms with Gasteiger partial charge in [-0.1, -0.05) is 20.8 Å². The second kappa shape index (κ2) is 5.34. The van der Waals surface area contributed by atoms with Crippen LogP contribution in [-0.2, 0) is 0 Å². The highest BCUT2D eigenvalue weighted by Gasteiger charge is 2.32. The number of rotatable bonds is 3. The third kappa shape index (κ3) is 3.05. The van der Waals surface area contributed by atoms with Crippen LogP contribution in [0.15, 0.2) is 18.2 Å². The van der Waals surface area contributed by atoms with Crippen LogP contribution in [0.2, 0.25) is 0 Å². The molecule has 2 heterocycles. The number of carbonyl (C=O) groups excluding carboxylic acids is 1. The molecule has 21 heavy (non-hydrogen) atoms. The molecule has 3 rings (SSSR count). The Balaban J connectivity index is 1.62.